The summed E-state index contributed by atoms with van der Waals surface area (Å²) in [4.78, 5) is 16.4. The van der Waals surface area contributed by atoms with Crippen LogP contribution >= 0.6 is 0 Å². The highest BCUT2D eigenvalue weighted by Gasteiger charge is 2.36. The highest BCUT2D eigenvalue weighted by Crippen LogP contribution is 2.36. The van der Waals surface area contributed by atoms with Gasteiger partial charge in [0.2, 0.25) is 0 Å². The van der Waals surface area contributed by atoms with E-state index in [1.165, 1.54) is 4.90 Å². The van der Waals surface area contributed by atoms with E-state index in [2.05, 4.69) is 21.6 Å². The Morgan fingerprint density at radius 3 is 2.41 bits per heavy atom. The summed E-state index contributed by atoms with van der Waals surface area (Å²) in [7, 11) is 0. The monoisotopic (exact) mass is 534 g/mol. The van der Waals surface area contributed by atoms with Gasteiger partial charge in [0.15, 0.2) is 5.82 Å². The third kappa shape index (κ3) is 5.18. The van der Waals surface area contributed by atoms with Crippen molar-refractivity contribution in [2.45, 2.75) is 19.1 Å². The van der Waals surface area contributed by atoms with Gasteiger partial charge in [-0.1, -0.05) is 36.4 Å². The zero-order valence-electron chi connectivity index (χ0n) is 20.7. The molecule has 0 aliphatic carbocycles. The van der Waals surface area contributed by atoms with Gasteiger partial charge in [-0.2, -0.15) is 18.4 Å². The summed E-state index contributed by atoms with van der Waals surface area (Å²) in [6.07, 6.45) is -4.82. The lowest BCUT2D eigenvalue weighted by Crippen LogP contribution is -2.55. The van der Waals surface area contributed by atoms with Crippen LogP contribution in [0.5, 0.6) is 0 Å². The van der Waals surface area contributed by atoms with Crippen molar-refractivity contribution < 1.29 is 22.4 Å². The van der Waals surface area contributed by atoms with Crippen LogP contribution in [0.15, 0.2) is 66.7 Å². The van der Waals surface area contributed by atoms with Crippen molar-refractivity contribution in [3.05, 3.63) is 83.7 Å². The second kappa shape index (κ2) is 10.2. The molecule has 5 rings (SSSR count). The lowest BCUT2D eigenvalue weighted by atomic mass is 10.0. The van der Waals surface area contributed by atoms with Crippen LogP contribution in [0.1, 0.15) is 18.1 Å². The molecular weight excluding hydrogens is 512 g/mol. The Balaban J connectivity index is 1.37. The van der Waals surface area contributed by atoms with Gasteiger partial charge in [0.05, 0.1) is 22.9 Å². The second-order valence-electron chi connectivity index (χ2n) is 9.21. The molecule has 39 heavy (non-hydrogen) atoms. The van der Waals surface area contributed by atoms with E-state index in [4.69, 9.17) is 5.26 Å². The van der Waals surface area contributed by atoms with Gasteiger partial charge in [0, 0.05) is 42.0 Å². The number of piperazine rings is 1. The smallest absolute Gasteiger partial charge is 0.351 e. The number of hydrogen-bond acceptors (Lipinski definition) is 5. The molecule has 11 heteroatoms. The van der Waals surface area contributed by atoms with Crippen molar-refractivity contribution in [2.24, 2.45) is 0 Å². The third-order valence-electron chi connectivity index (χ3n) is 6.67. The topological polar surface area (TPSA) is 85.2 Å². The molecule has 1 aliphatic rings. The molecular formula is C28H22F4N6O. The first kappa shape index (κ1) is 25.9. The van der Waals surface area contributed by atoms with E-state index in [0.29, 0.717) is 36.2 Å². The zero-order valence-corrected chi connectivity index (χ0v) is 20.7. The summed E-state index contributed by atoms with van der Waals surface area (Å²) in [6.45, 7) is 2.77. The van der Waals surface area contributed by atoms with Crippen molar-refractivity contribution in [3.8, 4) is 17.3 Å². The maximum Gasteiger partial charge on any atom is 0.418 e. The fourth-order valence-electron chi connectivity index (χ4n) is 4.74. The minimum atomic E-state index is -4.82. The van der Waals surface area contributed by atoms with Gasteiger partial charge in [-0.15, -0.1) is 10.2 Å². The maximum absolute atomic E-state index is 13.4. The van der Waals surface area contributed by atoms with E-state index >= 15 is 0 Å². The third-order valence-corrected chi connectivity index (χ3v) is 6.67. The molecule has 1 N–H and O–H groups in total. The number of hydrogen-bond donors (Lipinski definition) is 1. The summed E-state index contributed by atoms with van der Waals surface area (Å²) in [5, 5.41) is 22.1. The van der Waals surface area contributed by atoms with Crippen LogP contribution in [0.4, 0.5) is 33.9 Å². The number of urea groups is 1. The number of fused-ring (bicyclic) bond motifs is 1. The number of aromatic nitrogens is 2. The normalized spacial score (nSPS) is 15.7. The van der Waals surface area contributed by atoms with Gasteiger partial charge in [0.25, 0.3) is 0 Å². The molecule has 0 radical (unpaired) electrons. The molecule has 3 aromatic carbocycles. The molecule has 0 saturated carbocycles. The minimum absolute atomic E-state index is 0.225. The summed E-state index contributed by atoms with van der Waals surface area (Å²) < 4.78 is 53.6. The molecule has 1 saturated heterocycles. The maximum atomic E-state index is 13.4. The van der Waals surface area contributed by atoms with Crippen LogP contribution in [0, 0.1) is 17.1 Å². The number of rotatable bonds is 3. The predicted molar refractivity (Wildman–Crippen MR) is 138 cm³/mol. The molecule has 1 aliphatic heterocycles. The van der Waals surface area contributed by atoms with Gasteiger partial charge in [-0.25, -0.2) is 9.18 Å². The van der Waals surface area contributed by atoms with Gasteiger partial charge in [0.1, 0.15) is 11.5 Å². The van der Waals surface area contributed by atoms with Crippen LogP contribution in [0.2, 0.25) is 0 Å². The van der Waals surface area contributed by atoms with Crippen molar-refractivity contribution in [1.82, 2.24) is 15.1 Å². The predicted octanol–water partition coefficient (Wildman–Crippen LogP) is 6.07. The Hall–Kier alpha value is -4.72. The van der Waals surface area contributed by atoms with E-state index in [9.17, 15) is 22.4 Å². The van der Waals surface area contributed by atoms with E-state index in [-0.39, 0.29) is 12.6 Å². The van der Waals surface area contributed by atoms with Crippen molar-refractivity contribution >= 4 is 28.3 Å². The largest absolute Gasteiger partial charge is 0.418 e. The minimum Gasteiger partial charge on any atom is -0.351 e. The van der Waals surface area contributed by atoms with E-state index in [1.807, 2.05) is 41.3 Å². The molecule has 4 aromatic rings. The highest BCUT2D eigenvalue weighted by molar-refractivity contribution is 6.00. The number of carbonyl (C=O) groups is 1. The van der Waals surface area contributed by atoms with Gasteiger partial charge in [-0.3, -0.25) is 0 Å². The number of halogens is 4. The van der Waals surface area contributed by atoms with Crippen LogP contribution in [0.3, 0.4) is 0 Å². The number of benzene rings is 3. The Kier molecular flexibility index (Phi) is 6.78. The van der Waals surface area contributed by atoms with Crippen LogP contribution in [-0.2, 0) is 6.18 Å². The highest BCUT2D eigenvalue weighted by atomic mass is 19.4. The number of amides is 2. The number of carbonyl (C=O) groups excluding carboxylic acids is 1. The molecule has 2 heterocycles. The number of nitriles is 1. The van der Waals surface area contributed by atoms with Gasteiger partial charge in [-0.05, 0) is 37.3 Å². The average Bonchev–Trinajstić information content (AvgIpc) is 2.93. The first-order valence-corrected chi connectivity index (χ1v) is 12.1. The molecule has 0 bridgehead atoms. The number of nitrogens with one attached hydrogen (secondary N) is 1. The lowest BCUT2D eigenvalue weighted by molar-refractivity contribution is -0.137. The molecule has 1 fully saturated rings. The van der Waals surface area contributed by atoms with Crippen LogP contribution in [-0.4, -0.2) is 46.8 Å². The molecule has 0 unspecified atom stereocenters. The van der Waals surface area contributed by atoms with Crippen LogP contribution in [0.25, 0.3) is 22.0 Å². The number of nitrogens with zero attached hydrogens (tertiary/aromatic N) is 5. The fourth-order valence-corrected chi connectivity index (χ4v) is 4.74. The molecule has 0 spiro atoms. The van der Waals surface area contributed by atoms with Gasteiger partial charge >= 0.3 is 12.2 Å². The van der Waals surface area contributed by atoms with E-state index in [1.54, 1.807) is 19.1 Å². The average molecular weight is 535 g/mol. The van der Waals surface area contributed by atoms with Gasteiger partial charge < -0.3 is 15.1 Å². The summed E-state index contributed by atoms with van der Waals surface area (Å²) >= 11 is 0. The summed E-state index contributed by atoms with van der Waals surface area (Å²) in [5.74, 6) is -0.409. The Morgan fingerprint density at radius 2 is 1.74 bits per heavy atom. The summed E-state index contributed by atoms with van der Waals surface area (Å²) in [6, 6.07) is 17.9. The Bertz CT molecular complexity index is 1580. The fraction of sp³-hybridized carbons (Fsp3) is 0.214. The second-order valence-corrected chi connectivity index (χ2v) is 9.21. The molecule has 198 valence electrons. The van der Waals surface area contributed by atoms with Crippen LogP contribution < -0.4 is 10.2 Å². The standard InChI is InChI=1S/C28H22F4N6O/c1-17-16-37(12-13-38(17)27(39)34-24-11-10-20(29)14-23(24)28(30,31)32)26-22-5-3-2-4-21(22)25(35-36-26)19-8-6-18(15-33)7-9-19/h2-11,14,17H,12-13,16H2,1H3,(H,34,39)/t17-/m0/s1. The van der Waals surface area contributed by atoms with Crippen molar-refractivity contribution in [2.75, 3.05) is 29.9 Å². The SMILES string of the molecule is C[C@H]1CN(c2nnc(-c3ccc(C#N)cc3)c3ccccc23)CCN1C(=O)Nc1ccc(F)cc1C(F)(F)F. The molecule has 2 amide bonds. The first-order valence-electron chi connectivity index (χ1n) is 12.1. The van der Waals surface area contributed by atoms with Crippen molar-refractivity contribution in [1.29, 1.82) is 5.26 Å². The van der Waals surface area contributed by atoms with Crippen molar-refractivity contribution in [3.63, 3.8) is 0 Å². The quantitative estimate of drug-likeness (QED) is 0.323. The number of alkyl halides is 3. The van der Waals surface area contributed by atoms with E-state index < -0.39 is 29.3 Å². The molecule has 1 aromatic heterocycles. The zero-order chi connectivity index (χ0) is 27.7. The lowest BCUT2D eigenvalue weighted by Gasteiger charge is -2.40. The van der Waals surface area contributed by atoms with E-state index in [0.717, 1.165) is 28.5 Å². The Morgan fingerprint density at radius 1 is 1.03 bits per heavy atom. The summed E-state index contributed by atoms with van der Waals surface area (Å²) in [5.41, 5.74) is 0.283. The Labute approximate surface area is 221 Å². The molecule has 1 atom stereocenters. The molecule has 7 nitrogen and oxygen atoms in total. The first-order chi connectivity index (χ1) is 18.7. The number of anilines is 2.